The van der Waals surface area contributed by atoms with Crippen molar-refractivity contribution in [3.05, 3.63) is 29.8 Å². The van der Waals surface area contributed by atoms with E-state index < -0.39 is 6.09 Å². The Labute approximate surface area is 154 Å². The summed E-state index contributed by atoms with van der Waals surface area (Å²) in [6, 6.07) is 11.2. The first-order chi connectivity index (χ1) is 12.6. The quantitative estimate of drug-likeness (QED) is 0.774. The minimum Gasteiger partial charge on any atom is -0.465 e. The Morgan fingerprint density at radius 1 is 1.12 bits per heavy atom. The number of nitrogens with one attached hydrogen (secondary N) is 2. The molecule has 1 saturated heterocycles. The molecular weight excluding hydrogens is 328 g/mol. The Morgan fingerprint density at radius 3 is 2.50 bits per heavy atom. The maximum atomic E-state index is 11.1. The number of nitriles is 1. The summed E-state index contributed by atoms with van der Waals surface area (Å²) in [5, 5.41) is 24.6. The van der Waals surface area contributed by atoms with Gasteiger partial charge in [0.2, 0.25) is 0 Å². The topological polar surface area (TPSA) is 88.4 Å². The van der Waals surface area contributed by atoms with Crippen LogP contribution in [0.2, 0.25) is 0 Å². The van der Waals surface area contributed by atoms with Gasteiger partial charge in [0.15, 0.2) is 0 Å². The second kappa shape index (κ2) is 7.16. The van der Waals surface area contributed by atoms with Gasteiger partial charge >= 0.3 is 6.09 Å². The molecule has 3 N–H and O–H groups in total. The van der Waals surface area contributed by atoms with Crippen molar-refractivity contribution in [2.75, 3.05) is 11.4 Å². The third-order valence-electron chi connectivity index (χ3n) is 6.31. The first-order valence-corrected chi connectivity index (χ1v) is 9.66. The zero-order valence-corrected chi connectivity index (χ0v) is 14.9. The largest absolute Gasteiger partial charge is 0.465 e. The molecule has 0 radical (unpaired) electrons. The van der Waals surface area contributed by atoms with Crippen molar-refractivity contribution in [3.8, 4) is 6.07 Å². The second-order valence-corrected chi connectivity index (χ2v) is 7.94. The summed E-state index contributed by atoms with van der Waals surface area (Å²) in [6.45, 7) is 1.08. The van der Waals surface area contributed by atoms with E-state index in [1.165, 1.54) is 18.5 Å². The molecular formula is C20H26N4O2. The molecule has 6 nitrogen and oxygen atoms in total. The molecule has 26 heavy (non-hydrogen) atoms. The highest BCUT2D eigenvalue weighted by molar-refractivity contribution is 5.65. The van der Waals surface area contributed by atoms with Crippen molar-refractivity contribution in [3.63, 3.8) is 0 Å². The number of carbonyl (C=O) groups is 1. The fourth-order valence-corrected chi connectivity index (χ4v) is 5.17. The number of hydrogen-bond donors (Lipinski definition) is 3. The summed E-state index contributed by atoms with van der Waals surface area (Å²) in [4.78, 5) is 13.6. The lowest BCUT2D eigenvalue weighted by molar-refractivity contribution is 0.176. The number of benzene rings is 1. The van der Waals surface area contributed by atoms with E-state index in [4.69, 9.17) is 10.4 Å². The van der Waals surface area contributed by atoms with Crippen LogP contribution in [-0.4, -0.2) is 41.9 Å². The van der Waals surface area contributed by atoms with Gasteiger partial charge in [-0.3, -0.25) is 0 Å². The molecule has 2 aliphatic carbocycles. The molecule has 0 unspecified atom stereocenters. The Hall–Kier alpha value is -2.26. The number of piperidine rings is 1. The van der Waals surface area contributed by atoms with Crippen LogP contribution in [-0.2, 0) is 0 Å². The highest BCUT2D eigenvalue weighted by atomic mass is 16.4. The van der Waals surface area contributed by atoms with Crippen LogP contribution in [0.4, 0.5) is 10.5 Å². The average Bonchev–Trinajstić information content (AvgIpc) is 3.23. The van der Waals surface area contributed by atoms with E-state index in [2.05, 4.69) is 21.6 Å². The van der Waals surface area contributed by atoms with E-state index in [0.717, 1.165) is 32.2 Å². The highest BCUT2D eigenvalue weighted by Gasteiger charge is 2.46. The lowest BCUT2D eigenvalue weighted by Gasteiger charge is -2.40. The van der Waals surface area contributed by atoms with Crippen LogP contribution in [0, 0.1) is 17.2 Å². The van der Waals surface area contributed by atoms with Crippen molar-refractivity contribution >= 4 is 11.8 Å². The second-order valence-electron chi connectivity index (χ2n) is 7.94. The third-order valence-corrected chi connectivity index (χ3v) is 6.31. The van der Waals surface area contributed by atoms with E-state index in [-0.39, 0.29) is 12.1 Å². The highest BCUT2D eigenvalue weighted by Crippen LogP contribution is 2.41. The number of fused-ring (bicyclic) bond motifs is 2. The fraction of sp³-hybridized carbons (Fsp3) is 0.600. The molecule has 4 rings (SSSR count). The van der Waals surface area contributed by atoms with Crippen LogP contribution in [0.1, 0.15) is 44.1 Å². The molecule has 1 aliphatic heterocycles. The summed E-state index contributed by atoms with van der Waals surface area (Å²) in [5.41, 5.74) is 1.88. The Morgan fingerprint density at radius 2 is 1.85 bits per heavy atom. The van der Waals surface area contributed by atoms with Gasteiger partial charge < -0.3 is 20.6 Å². The van der Waals surface area contributed by atoms with Crippen LogP contribution in [0.3, 0.4) is 0 Å². The minimum atomic E-state index is -0.921. The molecule has 1 aromatic carbocycles. The number of amides is 1. The molecule has 1 amide bonds. The molecule has 0 spiro atoms. The normalized spacial score (nSPS) is 33.0. The standard InChI is InChI=1S/C20H26N4O2/c21-11-13-5-7-15(8-6-13)24-12-14-9-18(19(24)10-14)22-16-3-1-2-4-17(16)23-20(25)26/h5-8,14,16-19,22-23H,1-4,9-10,12H2,(H,25,26)/t14-,16+,17+,18-,19-/m0/s1. The molecule has 3 fully saturated rings. The zero-order valence-electron chi connectivity index (χ0n) is 14.9. The molecule has 3 aliphatic rings. The van der Waals surface area contributed by atoms with Crippen molar-refractivity contribution in [1.82, 2.24) is 10.6 Å². The zero-order chi connectivity index (χ0) is 18.1. The van der Waals surface area contributed by atoms with E-state index >= 15 is 0 Å². The van der Waals surface area contributed by atoms with E-state index in [0.29, 0.717) is 23.6 Å². The monoisotopic (exact) mass is 354 g/mol. The molecule has 138 valence electrons. The number of rotatable bonds is 4. The number of hydrogen-bond acceptors (Lipinski definition) is 4. The number of anilines is 1. The van der Waals surface area contributed by atoms with Crippen molar-refractivity contribution in [1.29, 1.82) is 5.26 Å². The summed E-state index contributed by atoms with van der Waals surface area (Å²) in [6.07, 6.45) is 5.66. The molecule has 0 aromatic heterocycles. The van der Waals surface area contributed by atoms with Gasteiger partial charge in [-0.2, -0.15) is 5.26 Å². The van der Waals surface area contributed by atoms with Crippen LogP contribution in [0.25, 0.3) is 0 Å². The fourth-order valence-electron chi connectivity index (χ4n) is 5.17. The summed E-state index contributed by atoms with van der Waals surface area (Å²) < 4.78 is 0. The SMILES string of the molecule is N#Cc1ccc(N2C[C@H]3C[C@H](N[C@@H]4CCCC[C@H]4NC(=O)O)[C@@H]2C3)cc1. The summed E-state index contributed by atoms with van der Waals surface area (Å²) >= 11 is 0. The Kier molecular flexibility index (Phi) is 4.73. The maximum Gasteiger partial charge on any atom is 0.404 e. The molecule has 1 aromatic rings. The minimum absolute atomic E-state index is 0.0174. The number of nitrogens with zero attached hydrogens (tertiary/aromatic N) is 2. The smallest absolute Gasteiger partial charge is 0.404 e. The van der Waals surface area contributed by atoms with Crippen molar-refractivity contribution in [2.45, 2.75) is 62.7 Å². The van der Waals surface area contributed by atoms with Crippen LogP contribution in [0.15, 0.2) is 24.3 Å². The van der Waals surface area contributed by atoms with Crippen LogP contribution in [0.5, 0.6) is 0 Å². The molecule has 5 atom stereocenters. The summed E-state index contributed by atoms with van der Waals surface area (Å²) in [5.74, 6) is 0.697. The van der Waals surface area contributed by atoms with Gasteiger partial charge in [0.1, 0.15) is 0 Å². The molecule has 6 heteroatoms. The maximum absolute atomic E-state index is 11.1. The van der Waals surface area contributed by atoms with Gasteiger partial charge in [-0.05, 0) is 55.9 Å². The lowest BCUT2D eigenvalue weighted by atomic mass is 9.89. The van der Waals surface area contributed by atoms with Gasteiger partial charge in [-0.1, -0.05) is 12.8 Å². The molecule has 1 heterocycles. The van der Waals surface area contributed by atoms with Gasteiger partial charge in [0, 0.05) is 36.4 Å². The van der Waals surface area contributed by atoms with Crippen LogP contribution >= 0.6 is 0 Å². The van der Waals surface area contributed by atoms with E-state index in [9.17, 15) is 4.79 Å². The lowest BCUT2D eigenvalue weighted by Crippen LogP contribution is -2.58. The van der Waals surface area contributed by atoms with Gasteiger partial charge in [-0.15, -0.1) is 0 Å². The molecule has 2 saturated carbocycles. The molecule has 2 bridgehead atoms. The van der Waals surface area contributed by atoms with Gasteiger partial charge in [0.05, 0.1) is 11.6 Å². The van der Waals surface area contributed by atoms with Gasteiger partial charge in [0.25, 0.3) is 0 Å². The average molecular weight is 354 g/mol. The van der Waals surface area contributed by atoms with Gasteiger partial charge in [-0.25, -0.2) is 4.79 Å². The third kappa shape index (κ3) is 3.36. The van der Waals surface area contributed by atoms with E-state index in [1.807, 2.05) is 24.3 Å². The van der Waals surface area contributed by atoms with Crippen LogP contribution < -0.4 is 15.5 Å². The van der Waals surface area contributed by atoms with Crippen molar-refractivity contribution in [2.24, 2.45) is 5.92 Å². The number of carboxylic acid groups (broad SMARTS) is 1. The Bertz CT molecular complexity index is 699. The van der Waals surface area contributed by atoms with E-state index in [1.54, 1.807) is 0 Å². The van der Waals surface area contributed by atoms with Crippen molar-refractivity contribution < 1.29 is 9.90 Å². The summed E-state index contributed by atoms with van der Waals surface area (Å²) in [7, 11) is 0. The first kappa shape index (κ1) is 17.2. The predicted octanol–water partition coefficient (Wildman–Crippen LogP) is 2.69. The first-order valence-electron chi connectivity index (χ1n) is 9.66. The Balaban J connectivity index is 1.44. The predicted molar refractivity (Wildman–Crippen MR) is 99.1 cm³/mol.